The first-order valence-corrected chi connectivity index (χ1v) is 4.28. The van der Waals surface area contributed by atoms with Gasteiger partial charge in [0.1, 0.15) is 0 Å². The molecule has 0 aromatic heterocycles. The van der Waals surface area contributed by atoms with Gasteiger partial charge in [0.25, 0.3) is 0 Å². The van der Waals surface area contributed by atoms with Crippen molar-refractivity contribution in [1.82, 2.24) is 5.32 Å². The zero-order valence-corrected chi connectivity index (χ0v) is 8.21. The van der Waals surface area contributed by atoms with Crippen molar-refractivity contribution in [2.24, 2.45) is 0 Å². The third-order valence-electron chi connectivity index (χ3n) is 1.48. The molecule has 1 amide bonds. The van der Waals surface area contributed by atoms with E-state index in [1.807, 2.05) is 0 Å². The fourth-order valence-corrected chi connectivity index (χ4v) is 0.686. The first-order chi connectivity index (χ1) is 6.61. The van der Waals surface area contributed by atoms with Crippen LogP contribution >= 0.6 is 0 Å². The third kappa shape index (κ3) is 5.31. The molecule has 0 unspecified atom stereocenters. The summed E-state index contributed by atoms with van der Waals surface area (Å²) in [6.45, 7) is 3.53. The molecule has 0 bridgehead atoms. The molecule has 5 nitrogen and oxygen atoms in total. The Morgan fingerprint density at radius 3 is 2.64 bits per heavy atom. The maximum atomic E-state index is 11.1. The number of hydrogen-bond donors (Lipinski definition) is 2. The van der Waals surface area contributed by atoms with Gasteiger partial charge >= 0.3 is 5.97 Å². The minimum atomic E-state index is -0.595. The molecule has 0 spiro atoms. The Labute approximate surface area is 82.7 Å². The molecule has 0 heterocycles. The molecule has 0 aromatic carbocycles. The molecular weight excluding hydrogens is 186 g/mol. The smallest absolute Gasteiger partial charge is 0.333 e. The first-order valence-electron chi connectivity index (χ1n) is 4.28. The van der Waals surface area contributed by atoms with Crippen LogP contribution in [0.25, 0.3) is 0 Å². The number of amides is 1. The van der Waals surface area contributed by atoms with Crippen molar-refractivity contribution < 1.29 is 19.4 Å². The Balaban J connectivity index is 3.77. The van der Waals surface area contributed by atoms with Crippen molar-refractivity contribution in [3.63, 3.8) is 0 Å². The number of ether oxygens (including phenoxy) is 1. The molecule has 5 heteroatoms. The molecule has 0 atom stereocenters. The van der Waals surface area contributed by atoms with Crippen LogP contribution < -0.4 is 5.32 Å². The minimum Gasteiger partial charge on any atom is -0.462 e. The molecule has 0 aliphatic rings. The van der Waals surface area contributed by atoms with E-state index < -0.39 is 5.97 Å². The number of hydrogen-bond acceptors (Lipinski definition) is 4. The van der Waals surface area contributed by atoms with Crippen molar-refractivity contribution in [3.05, 3.63) is 12.2 Å². The van der Waals surface area contributed by atoms with Crippen LogP contribution in [0.2, 0.25) is 0 Å². The minimum absolute atomic E-state index is 0.0325. The van der Waals surface area contributed by atoms with E-state index in [0.29, 0.717) is 6.42 Å². The maximum absolute atomic E-state index is 11.1. The number of carbonyl (C=O) groups excluding carboxylic acids is 2. The van der Waals surface area contributed by atoms with Crippen LogP contribution in [0.3, 0.4) is 0 Å². The van der Waals surface area contributed by atoms with Gasteiger partial charge in [0.2, 0.25) is 5.91 Å². The summed E-state index contributed by atoms with van der Waals surface area (Å²) in [5.74, 6) is -0.879. The lowest BCUT2D eigenvalue weighted by molar-refractivity contribution is -0.140. The van der Waals surface area contributed by atoms with Crippen LogP contribution in [0.5, 0.6) is 0 Å². The second-order valence-electron chi connectivity index (χ2n) is 2.67. The van der Waals surface area contributed by atoms with Crippen LogP contribution in [0.1, 0.15) is 12.8 Å². The van der Waals surface area contributed by atoms with Crippen LogP contribution in [0.4, 0.5) is 0 Å². The van der Waals surface area contributed by atoms with Crippen LogP contribution in [-0.2, 0) is 14.3 Å². The zero-order chi connectivity index (χ0) is 11.0. The Hall–Kier alpha value is -1.36. The van der Waals surface area contributed by atoms with Crippen LogP contribution in [0, 0.1) is 0 Å². The highest BCUT2D eigenvalue weighted by atomic mass is 16.5. The molecular formula is C9H15NO4. The molecule has 0 rings (SSSR count). The van der Waals surface area contributed by atoms with Gasteiger partial charge in [-0.05, 0) is 0 Å². The standard InChI is InChI=1S/C9H15NO4/c1-7(6-8(12)10-2)9(13)14-5-3-4-11/h11H,1,3-6H2,2H3,(H,10,12). The number of nitrogens with one attached hydrogen (secondary N) is 1. The molecule has 0 saturated carbocycles. The molecule has 0 aliphatic heterocycles. The lowest BCUT2D eigenvalue weighted by Crippen LogP contribution is -2.21. The van der Waals surface area contributed by atoms with Crippen molar-refractivity contribution in [2.45, 2.75) is 12.8 Å². The van der Waals surface area contributed by atoms with E-state index >= 15 is 0 Å². The van der Waals surface area contributed by atoms with Gasteiger partial charge in [-0.3, -0.25) is 4.79 Å². The summed E-state index contributed by atoms with van der Waals surface area (Å²) in [6.07, 6.45) is 0.327. The molecule has 80 valence electrons. The summed E-state index contributed by atoms with van der Waals surface area (Å²) in [4.78, 5) is 21.9. The van der Waals surface area contributed by atoms with Gasteiger partial charge in [-0.1, -0.05) is 6.58 Å². The highest BCUT2D eigenvalue weighted by molar-refractivity contribution is 5.94. The van der Waals surface area contributed by atoms with E-state index in [1.54, 1.807) is 0 Å². The zero-order valence-electron chi connectivity index (χ0n) is 8.21. The van der Waals surface area contributed by atoms with E-state index in [9.17, 15) is 9.59 Å². The third-order valence-corrected chi connectivity index (χ3v) is 1.48. The number of esters is 1. The average Bonchev–Trinajstić information content (AvgIpc) is 2.17. The van der Waals surface area contributed by atoms with Gasteiger partial charge in [0.05, 0.1) is 13.0 Å². The predicted molar refractivity (Wildman–Crippen MR) is 50.5 cm³/mol. The highest BCUT2D eigenvalue weighted by Crippen LogP contribution is 2.01. The normalized spacial score (nSPS) is 9.29. The fourth-order valence-electron chi connectivity index (χ4n) is 0.686. The van der Waals surface area contributed by atoms with Crippen molar-refractivity contribution >= 4 is 11.9 Å². The van der Waals surface area contributed by atoms with Gasteiger partial charge in [-0.2, -0.15) is 0 Å². The topological polar surface area (TPSA) is 75.6 Å². The monoisotopic (exact) mass is 201 g/mol. The predicted octanol–water partition coefficient (Wildman–Crippen LogP) is -0.396. The molecule has 14 heavy (non-hydrogen) atoms. The largest absolute Gasteiger partial charge is 0.462 e. The van der Waals surface area contributed by atoms with Crippen molar-refractivity contribution in [3.8, 4) is 0 Å². The summed E-state index contributed by atoms with van der Waals surface area (Å²) in [5.41, 5.74) is 0.113. The number of rotatable bonds is 6. The van der Waals surface area contributed by atoms with Gasteiger partial charge in [-0.15, -0.1) is 0 Å². The quantitative estimate of drug-likeness (QED) is 0.348. The second-order valence-corrected chi connectivity index (χ2v) is 2.67. The summed E-state index contributed by atoms with van der Waals surface area (Å²) in [6, 6.07) is 0. The number of aliphatic hydroxyl groups excluding tert-OH is 1. The summed E-state index contributed by atoms with van der Waals surface area (Å²) in [7, 11) is 1.48. The number of carbonyl (C=O) groups is 2. The molecule has 0 aromatic rings. The Kier molecular flexibility index (Phi) is 6.39. The SMILES string of the molecule is C=C(CC(=O)NC)C(=O)OCCCO. The highest BCUT2D eigenvalue weighted by Gasteiger charge is 2.11. The molecule has 0 radical (unpaired) electrons. The Morgan fingerprint density at radius 2 is 2.14 bits per heavy atom. The fraction of sp³-hybridized carbons (Fsp3) is 0.556. The van der Waals surface area contributed by atoms with E-state index in [-0.39, 0.29) is 31.1 Å². The molecule has 0 aliphatic carbocycles. The van der Waals surface area contributed by atoms with E-state index in [1.165, 1.54) is 7.05 Å². The van der Waals surface area contributed by atoms with Crippen LogP contribution in [-0.4, -0.2) is 37.2 Å². The van der Waals surface area contributed by atoms with E-state index in [4.69, 9.17) is 9.84 Å². The lowest BCUT2D eigenvalue weighted by Gasteiger charge is -2.05. The Morgan fingerprint density at radius 1 is 1.50 bits per heavy atom. The Bertz CT molecular complexity index is 225. The van der Waals surface area contributed by atoms with Crippen LogP contribution in [0.15, 0.2) is 12.2 Å². The maximum Gasteiger partial charge on any atom is 0.333 e. The number of aliphatic hydroxyl groups is 1. The summed E-state index contributed by atoms with van der Waals surface area (Å²) < 4.78 is 4.71. The van der Waals surface area contributed by atoms with Gasteiger partial charge in [-0.25, -0.2) is 4.79 Å². The molecule has 2 N–H and O–H groups in total. The van der Waals surface area contributed by atoms with Crippen molar-refractivity contribution in [2.75, 3.05) is 20.3 Å². The van der Waals surface area contributed by atoms with Gasteiger partial charge in [0, 0.05) is 25.6 Å². The van der Waals surface area contributed by atoms with E-state index in [0.717, 1.165) is 0 Å². The van der Waals surface area contributed by atoms with Gasteiger partial charge in [0.15, 0.2) is 0 Å². The first kappa shape index (κ1) is 12.6. The average molecular weight is 201 g/mol. The summed E-state index contributed by atoms with van der Waals surface area (Å²) >= 11 is 0. The van der Waals surface area contributed by atoms with Crippen molar-refractivity contribution in [1.29, 1.82) is 0 Å². The molecule has 0 saturated heterocycles. The molecule has 0 fully saturated rings. The van der Waals surface area contributed by atoms with Gasteiger partial charge < -0.3 is 15.2 Å². The van der Waals surface area contributed by atoms with E-state index in [2.05, 4.69) is 11.9 Å². The lowest BCUT2D eigenvalue weighted by atomic mass is 10.2. The summed E-state index contributed by atoms with van der Waals surface area (Å²) in [5, 5.41) is 10.8. The second kappa shape index (κ2) is 7.08.